The van der Waals surface area contributed by atoms with Gasteiger partial charge in [0, 0.05) is 18.9 Å². The van der Waals surface area contributed by atoms with E-state index in [0.717, 1.165) is 24.4 Å². The zero-order valence-corrected chi connectivity index (χ0v) is 15.5. The average molecular weight is 328 g/mol. The number of ether oxygens (including phenoxy) is 2. The Morgan fingerprint density at radius 3 is 2.54 bits per heavy atom. The number of rotatable bonds is 1. The quantitative estimate of drug-likeness (QED) is 0.681. The maximum absolute atomic E-state index is 6.24. The third kappa shape index (κ3) is 1.75. The minimum Gasteiger partial charge on any atom is -0.377 e. The molecule has 4 aliphatic carbocycles. The largest absolute Gasteiger partial charge is 0.377 e. The summed E-state index contributed by atoms with van der Waals surface area (Å²) in [6.45, 7) is 6.09. The third-order valence-corrected chi connectivity index (χ3v) is 9.10. The van der Waals surface area contributed by atoms with Gasteiger partial charge >= 0.3 is 0 Å². The molecule has 7 atom stereocenters. The molecule has 2 saturated carbocycles. The molecule has 5 rings (SSSR count). The van der Waals surface area contributed by atoms with Crippen molar-refractivity contribution in [2.75, 3.05) is 13.7 Å². The average Bonchev–Trinajstić information content (AvgIpc) is 2.87. The highest BCUT2D eigenvalue weighted by molar-refractivity contribution is 5.37. The van der Waals surface area contributed by atoms with Crippen LogP contribution in [-0.4, -0.2) is 25.4 Å². The molecule has 0 aromatic carbocycles. The van der Waals surface area contributed by atoms with Crippen LogP contribution in [0.3, 0.4) is 0 Å². The summed E-state index contributed by atoms with van der Waals surface area (Å²) in [7, 11) is 1.85. The Labute approximate surface area is 146 Å². The highest BCUT2D eigenvalue weighted by atomic mass is 16.5. The molecule has 5 aliphatic rings. The topological polar surface area (TPSA) is 18.5 Å². The second kappa shape index (κ2) is 4.98. The molecule has 132 valence electrons. The van der Waals surface area contributed by atoms with Gasteiger partial charge in [0.25, 0.3) is 0 Å². The van der Waals surface area contributed by atoms with Gasteiger partial charge in [-0.05, 0) is 67.3 Å². The SMILES string of the molecule is COC1C=C2C=CC3C4CC[C@@]5(CCO5)[C@@]4(C)CCC3[C@]2(C)CC1. The van der Waals surface area contributed by atoms with E-state index in [4.69, 9.17) is 9.47 Å². The lowest BCUT2D eigenvalue weighted by atomic mass is 9.47. The summed E-state index contributed by atoms with van der Waals surface area (Å²) < 4.78 is 11.9. The van der Waals surface area contributed by atoms with Crippen LogP contribution in [0.15, 0.2) is 23.8 Å². The van der Waals surface area contributed by atoms with Crippen LogP contribution in [0.4, 0.5) is 0 Å². The molecule has 1 heterocycles. The fourth-order valence-electron chi connectivity index (χ4n) is 7.40. The Morgan fingerprint density at radius 1 is 1.04 bits per heavy atom. The standard InChI is InChI=1S/C22H32O2/c1-20-9-6-16(23-3)14-15(20)4-5-17-18(20)7-10-21(2)19(17)8-11-22(21)12-13-24-22/h4-5,14,16-19H,6-13H2,1-3H3/t16?,17?,18?,19?,20-,21+,22-/m1/s1. The highest BCUT2D eigenvalue weighted by Gasteiger charge is 2.66. The molecule has 0 aromatic rings. The van der Waals surface area contributed by atoms with Crippen molar-refractivity contribution >= 4 is 0 Å². The molecular weight excluding hydrogens is 296 g/mol. The van der Waals surface area contributed by atoms with E-state index < -0.39 is 0 Å². The first-order chi connectivity index (χ1) is 11.5. The number of hydrogen-bond acceptors (Lipinski definition) is 2. The van der Waals surface area contributed by atoms with Crippen LogP contribution in [-0.2, 0) is 9.47 Å². The van der Waals surface area contributed by atoms with Gasteiger partial charge in [0.2, 0.25) is 0 Å². The van der Waals surface area contributed by atoms with Gasteiger partial charge in [-0.1, -0.05) is 32.1 Å². The van der Waals surface area contributed by atoms with Crippen LogP contribution < -0.4 is 0 Å². The first-order valence-corrected chi connectivity index (χ1v) is 10.1. The first-order valence-electron chi connectivity index (χ1n) is 10.1. The van der Waals surface area contributed by atoms with Gasteiger partial charge in [-0.15, -0.1) is 0 Å². The number of fused-ring (bicyclic) bond motifs is 6. The maximum Gasteiger partial charge on any atom is 0.0760 e. The van der Waals surface area contributed by atoms with Crippen LogP contribution in [0.2, 0.25) is 0 Å². The van der Waals surface area contributed by atoms with Gasteiger partial charge in [-0.3, -0.25) is 0 Å². The van der Waals surface area contributed by atoms with E-state index in [-0.39, 0.29) is 5.60 Å². The van der Waals surface area contributed by atoms with E-state index in [1.54, 1.807) is 5.57 Å². The summed E-state index contributed by atoms with van der Waals surface area (Å²) in [5.74, 6) is 2.40. The van der Waals surface area contributed by atoms with Gasteiger partial charge in [-0.25, -0.2) is 0 Å². The lowest BCUT2D eigenvalue weighted by molar-refractivity contribution is -0.223. The summed E-state index contributed by atoms with van der Waals surface area (Å²) in [6.07, 6.45) is 17.0. The lowest BCUT2D eigenvalue weighted by Gasteiger charge is -2.60. The van der Waals surface area contributed by atoms with Gasteiger partial charge in [0.1, 0.15) is 0 Å². The number of allylic oxidation sites excluding steroid dienone is 3. The van der Waals surface area contributed by atoms with Crippen LogP contribution in [0.5, 0.6) is 0 Å². The summed E-state index contributed by atoms with van der Waals surface area (Å²) in [5.41, 5.74) is 2.57. The molecule has 1 aliphatic heterocycles. The second-order valence-electron chi connectivity index (χ2n) is 9.59. The van der Waals surface area contributed by atoms with Crippen molar-refractivity contribution in [2.24, 2.45) is 28.6 Å². The van der Waals surface area contributed by atoms with E-state index in [2.05, 4.69) is 32.1 Å². The molecule has 1 spiro atoms. The van der Waals surface area contributed by atoms with Crippen LogP contribution >= 0.6 is 0 Å². The monoisotopic (exact) mass is 328 g/mol. The van der Waals surface area contributed by atoms with E-state index in [1.807, 2.05) is 7.11 Å². The Hall–Kier alpha value is -0.600. The predicted molar refractivity (Wildman–Crippen MR) is 95.7 cm³/mol. The molecule has 1 saturated heterocycles. The molecule has 0 bridgehead atoms. The molecule has 0 N–H and O–H groups in total. The van der Waals surface area contributed by atoms with Crippen molar-refractivity contribution < 1.29 is 9.47 Å². The first kappa shape index (κ1) is 15.6. The summed E-state index contributed by atoms with van der Waals surface area (Å²) >= 11 is 0. The number of methoxy groups -OCH3 is 1. The minimum atomic E-state index is 0.237. The van der Waals surface area contributed by atoms with Crippen LogP contribution in [0, 0.1) is 28.6 Å². The summed E-state index contributed by atoms with van der Waals surface area (Å²) in [6, 6.07) is 0. The van der Waals surface area contributed by atoms with Crippen molar-refractivity contribution in [3.63, 3.8) is 0 Å². The van der Waals surface area contributed by atoms with Gasteiger partial charge < -0.3 is 9.47 Å². The Bertz CT molecular complexity index is 601. The predicted octanol–water partition coefficient (Wildman–Crippen LogP) is 4.90. The van der Waals surface area contributed by atoms with E-state index in [9.17, 15) is 0 Å². The van der Waals surface area contributed by atoms with Crippen molar-refractivity contribution in [2.45, 2.75) is 70.5 Å². The third-order valence-electron chi connectivity index (χ3n) is 9.10. The van der Waals surface area contributed by atoms with E-state index >= 15 is 0 Å². The molecule has 0 radical (unpaired) electrons. The van der Waals surface area contributed by atoms with E-state index in [0.29, 0.717) is 16.9 Å². The molecular formula is C22H32O2. The Balaban J connectivity index is 1.51. The molecule has 4 unspecified atom stereocenters. The van der Waals surface area contributed by atoms with Gasteiger partial charge in [0.15, 0.2) is 0 Å². The normalized spacial score (nSPS) is 55.4. The summed E-state index contributed by atoms with van der Waals surface area (Å²) in [4.78, 5) is 0. The van der Waals surface area contributed by atoms with E-state index in [1.165, 1.54) is 44.9 Å². The summed E-state index contributed by atoms with van der Waals surface area (Å²) in [5, 5.41) is 0. The zero-order valence-electron chi connectivity index (χ0n) is 15.5. The Morgan fingerprint density at radius 2 is 1.83 bits per heavy atom. The van der Waals surface area contributed by atoms with Crippen LogP contribution in [0.25, 0.3) is 0 Å². The molecule has 2 heteroatoms. The van der Waals surface area contributed by atoms with Crippen molar-refractivity contribution in [3.8, 4) is 0 Å². The molecule has 24 heavy (non-hydrogen) atoms. The maximum atomic E-state index is 6.24. The molecule has 3 fully saturated rings. The fourth-order valence-corrected chi connectivity index (χ4v) is 7.40. The lowest BCUT2D eigenvalue weighted by Crippen LogP contribution is -2.58. The fraction of sp³-hybridized carbons (Fsp3) is 0.818. The highest BCUT2D eigenvalue weighted by Crippen LogP contribution is 2.69. The van der Waals surface area contributed by atoms with Crippen molar-refractivity contribution in [1.29, 1.82) is 0 Å². The van der Waals surface area contributed by atoms with Crippen molar-refractivity contribution in [1.82, 2.24) is 0 Å². The molecule has 0 amide bonds. The second-order valence-corrected chi connectivity index (χ2v) is 9.59. The molecule has 2 nitrogen and oxygen atoms in total. The Kier molecular flexibility index (Phi) is 3.24. The van der Waals surface area contributed by atoms with Gasteiger partial charge in [-0.2, -0.15) is 0 Å². The minimum absolute atomic E-state index is 0.237. The van der Waals surface area contributed by atoms with Crippen LogP contribution in [0.1, 0.15) is 58.8 Å². The zero-order chi connectivity index (χ0) is 16.6. The molecule has 0 aromatic heterocycles. The smallest absolute Gasteiger partial charge is 0.0760 e. The van der Waals surface area contributed by atoms with Gasteiger partial charge in [0.05, 0.1) is 18.3 Å². The number of hydrogen-bond donors (Lipinski definition) is 0. The van der Waals surface area contributed by atoms with Crippen molar-refractivity contribution in [3.05, 3.63) is 23.8 Å².